The standard InChI is InChI=1S/C12H17N3/c1-10-4-6-12(7-5-10)15-9-8-14(3)13-11(15)2/h4-7H,8-9H2,1-3H3. The van der Waals surface area contributed by atoms with Gasteiger partial charge in [0.2, 0.25) is 0 Å². The summed E-state index contributed by atoms with van der Waals surface area (Å²) >= 11 is 0. The van der Waals surface area contributed by atoms with Crippen LogP contribution in [0.15, 0.2) is 29.4 Å². The molecule has 0 amide bonds. The van der Waals surface area contributed by atoms with Gasteiger partial charge < -0.3 is 4.90 Å². The highest BCUT2D eigenvalue weighted by molar-refractivity contribution is 5.96. The van der Waals surface area contributed by atoms with Crippen LogP contribution < -0.4 is 4.90 Å². The second-order valence-electron chi connectivity index (χ2n) is 4.02. The van der Waals surface area contributed by atoms with Crippen molar-refractivity contribution in [3.05, 3.63) is 29.8 Å². The van der Waals surface area contributed by atoms with Crippen LogP contribution in [0.2, 0.25) is 0 Å². The van der Waals surface area contributed by atoms with Gasteiger partial charge >= 0.3 is 0 Å². The van der Waals surface area contributed by atoms with Gasteiger partial charge in [0.05, 0.1) is 6.54 Å². The Bertz CT molecular complexity index is 367. The fourth-order valence-electron chi connectivity index (χ4n) is 1.80. The highest BCUT2D eigenvalue weighted by Gasteiger charge is 2.15. The minimum Gasteiger partial charge on any atom is -0.327 e. The molecule has 2 rings (SSSR count). The van der Waals surface area contributed by atoms with Crippen molar-refractivity contribution in [2.24, 2.45) is 5.10 Å². The molecule has 0 unspecified atom stereocenters. The molecular formula is C12H17N3. The van der Waals surface area contributed by atoms with Crippen LogP contribution in [0.25, 0.3) is 0 Å². The number of hydrazone groups is 1. The Morgan fingerprint density at radius 3 is 2.33 bits per heavy atom. The zero-order valence-corrected chi connectivity index (χ0v) is 9.57. The highest BCUT2D eigenvalue weighted by Crippen LogP contribution is 2.17. The van der Waals surface area contributed by atoms with Crippen LogP contribution >= 0.6 is 0 Å². The quantitative estimate of drug-likeness (QED) is 0.696. The van der Waals surface area contributed by atoms with Gasteiger partial charge in [-0.1, -0.05) is 17.7 Å². The predicted octanol–water partition coefficient (Wildman–Crippen LogP) is 2.08. The summed E-state index contributed by atoms with van der Waals surface area (Å²) in [6, 6.07) is 8.58. The monoisotopic (exact) mass is 203 g/mol. The zero-order valence-electron chi connectivity index (χ0n) is 9.57. The van der Waals surface area contributed by atoms with E-state index in [1.807, 2.05) is 12.1 Å². The molecule has 3 heteroatoms. The van der Waals surface area contributed by atoms with Crippen LogP contribution in [0.5, 0.6) is 0 Å². The maximum absolute atomic E-state index is 4.44. The van der Waals surface area contributed by atoms with Gasteiger partial charge in [0.25, 0.3) is 0 Å². The summed E-state index contributed by atoms with van der Waals surface area (Å²) in [5, 5.41) is 6.42. The van der Waals surface area contributed by atoms with Gasteiger partial charge in [-0.2, -0.15) is 5.10 Å². The Morgan fingerprint density at radius 2 is 1.73 bits per heavy atom. The first-order valence-electron chi connectivity index (χ1n) is 5.27. The molecular weight excluding hydrogens is 186 g/mol. The van der Waals surface area contributed by atoms with Gasteiger partial charge in [-0.25, -0.2) is 0 Å². The predicted molar refractivity (Wildman–Crippen MR) is 64.3 cm³/mol. The normalized spacial score (nSPS) is 16.6. The lowest BCUT2D eigenvalue weighted by molar-refractivity contribution is 0.349. The molecule has 3 nitrogen and oxygen atoms in total. The SMILES string of the molecule is CC1=NN(C)CCN1c1ccc(C)cc1. The smallest absolute Gasteiger partial charge is 0.126 e. The van der Waals surface area contributed by atoms with Crippen LogP contribution in [-0.4, -0.2) is 31.0 Å². The summed E-state index contributed by atoms with van der Waals surface area (Å²) in [5.74, 6) is 1.06. The lowest BCUT2D eigenvalue weighted by Gasteiger charge is -2.31. The van der Waals surface area contributed by atoms with Gasteiger partial charge in [0, 0.05) is 19.3 Å². The Morgan fingerprint density at radius 1 is 1.07 bits per heavy atom. The van der Waals surface area contributed by atoms with Crippen LogP contribution in [-0.2, 0) is 0 Å². The molecule has 1 aliphatic rings. The van der Waals surface area contributed by atoms with Gasteiger partial charge in [-0.3, -0.25) is 5.01 Å². The third kappa shape index (κ3) is 2.12. The lowest BCUT2D eigenvalue weighted by atomic mass is 10.2. The van der Waals surface area contributed by atoms with Gasteiger partial charge in [0.1, 0.15) is 5.84 Å². The van der Waals surface area contributed by atoms with E-state index in [9.17, 15) is 0 Å². The van der Waals surface area contributed by atoms with Gasteiger partial charge in [0.15, 0.2) is 0 Å². The summed E-state index contributed by atoms with van der Waals surface area (Å²) in [6.45, 7) is 6.14. The van der Waals surface area contributed by atoms with Crippen molar-refractivity contribution in [1.29, 1.82) is 0 Å². The van der Waals surface area contributed by atoms with E-state index in [0.29, 0.717) is 0 Å². The lowest BCUT2D eigenvalue weighted by Crippen LogP contribution is -2.41. The van der Waals surface area contributed by atoms with Crippen molar-refractivity contribution in [2.45, 2.75) is 13.8 Å². The number of likely N-dealkylation sites (N-methyl/N-ethyl adjacent to an activating group) is 1. The summed E-state index contributed by atoms with van der Waals surface area (Å²) in [5.41, 5.74) is 2.53. The molecule has 0 aromatic heterocycles. The van der Waals surface area contributed by atoms with E-state index in [1.165, 1.54) is 11.3 Å². The molecule has 0 saturated carbocycles. The number of nitrogens with zero attached hydrogens (tertiary/aromatic N) is 3. The minimum atomic E-state index is 0.977. The van der Waals surface area contributed by atoms with Crippen molar-refractivity contribution < 1.29 is 0 Å². The fraction of sp³-hybridized carbons (Fsp3) is 0.417. The van der Waals surface area contributed by atoms with E-state index >= 15 is 0 Å². The van der Waals surface area contributed by atoms with E-state index in [0.717, 1.165) is 18.9 Å². The van der Waals surface area contributed by atoms with E-state index in [4.69, 9.17) is 0 Å². The molecule has 0 fully saturated rings. The van der Waals surface area contributed by atoms with E-state index in [2.05, 4.69) is 48.1 Å². The maximum atomic E-state index is 4.44. The zero-order chi connectivity index (χ0) is 10.8. The third-order valence-electron chi connectivity index (χ3n) is 2.70. The average molecular weight is 203 g/mol. The Balaban J connectivity index is 2.24. The molecule has 1 aromatic rings. The molecule has 1 aromatic carbocycles. The number of hydrogen-bond donors (Lipinski definition) is 0. The number of aryl methyl sites for hydroxylation is 1. The Labute approximate surface area is 91.0 Å². The van der Waals surface area contributed by atoms with E-state index in [1.54, 1.807) is 0 Å². The van der Waals surface area contributed by atoms with Gasteiger partial charge in [-0.05, 0) is 26.0 Å². The second kappa shape index (κ2) is 3.93. The highest BCUT2D eigenvalue weighted by atomic mass is 15.5. The summed E-state index contributed by atoms with van der Waals surface area (Å²) in [6.07, 6.45) is 0. The molecule has 0 radical (unpaired) electrons. The van der Waals surface area contributed by atoms with Gasteiger partial charge in [-0.15, -0.1) is 0 Å². The number of hydrogen-bond acceptors (Lipinski definition) is 3. The minimum absolute atomic E-state index is 0.977. The summed E-state index contributed by atoms with van der Waals surface area (Å²) in [7, 11) is 2.01. The largest absolute Gasteiger partial charge is 0.327 e. The number of benzene rings is 1. The molecule has 0 bridgehead atoms. The first-order valence-corrected chi connectivity index (χ1v) is 5.27. The topological polar surface area (TPSA) is 18.8 Å². The first kappa shape index (κ1) is 10.0. The average Bonchev–Trinajstić information content (AvgIpc) is 2.20. The molecule has 0 spiro atoms. The van der Waals surface area contributed by atoms with E-state index in [-0.39, 0.29) is 0 Å². The molecule has 1 aliphatic heterocycles. The molecule has 80 valence electrons. The molecule has 0 aliphatic carbocycles. The Hall–Kier alpha value is -1.51. The van der Waals surface area contributed by atoms with Crippen molar-refractivity contribution >= 4 is 11.5 Å². The van der Waals surface area contributed by atoms with Crippen molar-refractivity contribution in [2.75, 3.05) is 25.0 Å². The second-order valence-corrected chi connectivity index (χ2v) is 4.02. The molecule has 0 N–H and O–H groups in total. The first-order chi connectivity index (χ1) is 7.16. The summed E-state index contributed by atoms with van der Waals surface area (Å²) in [4.78, 5) is 2.25. The van der Waals surface area contributed by atoms with Crippen LogP contribution in [0.3, 0.4) is 0 Å². The Kier molecular flexibility index (Phi) is 2.62. The van der Waals surface area contributed by atoms with Crippen LogP contribution in [0.1, 0.15) is 12.5 Å². The van der Waals surface area contributed by atoms with E-state index < -0.39 is 0 Å². The molecule has 0 saturated heterocycles. The third-order valence-corrected chi connectivity index (χ3v) is 2.70. The fourth-order valence-corrected chi connectivity index (χ4v) is 1.80. The number of anilines is 1. The van der Waals surface area contributed by atoms with Crippen molar-refractivity contribution in [3.8, 4) is 0 Å². The van der Waals surface area contributed by atoms with Crippen molar-refractivity contribution in [3.63, 3.8) is 0 Å². The number of amidine groups is 1. The maximum Gasteiger partial charge on any atom is 0.126 e. The van der Waals surface area contributed by atoms with Crippen LogP contribution in [0, 0.1) is 6.92 Å². The van der Waals surface area contributed by atoms with Crippen LogP contribution in [0.4, 0.5) is 5.69 Å². The van der Waals surface area contributed by atoms with Crippen molar-refractivity contribution in [1.82, 2.24) is 5.01 Å². The molecule has 15 heavy (non-hydrogen) atoms. The summed E-state index contributed by atoms with van der Waals surface area (Å²) < 4.78 is 0. The molecule has 1 heterocycles. The molecule has 0 atom stereocenters. The number of rotatable bonds is 1.